The van der Waals surface area contributed by atoms with E-state index >= 15 is 0 Å². The van der Waals surface area contributed by atoms with E-state index in [1.54, 1.807) is 0 Å². The molecule has 4 nitrogen and oxygen atoms in total. The van der Waals surface area contributed by atoms with Gasteiger partial charge in [0.1, 0.15) is 0 Å². The Morgan fingerprint density at radius 1 is 1.43 bits per heavy atom. The van der Waals surface area contributed by atoms with Gasteiger partial charge in [-0.3, -0.25) is 4.79 Å². The number of ether oxygens (including phenoxy) is 1. The van der Waals surface area contributed by atoms with Crippen molar-refractivity contribution < 1.29 is 14.6 Å². The van der Waals surface area contributed by atoms with Gasteiger partial charge in [0.2, 0.25) is 0 Å². The Morgan fingerprint density at radius 3 is 2.76 bits per heavy atom. The van der Waals surface area contributed by atoms with Gasteiger partial charge in [-0.05, 0) is 38.3 Å². The molecule has 21 heavy (non-hydrogen) atoms. The summed E-state index contributed by atoms with van der Waals surface area (Å²) in [6, 6.07) is 10.4. The lowest BCUT2D eigenvalue weighted by Crippen LogP contribution is -2.48. The molecule has 1 aromatic carbocycles. The smallest absolute Gasteiger partial charge is 0.305 e. The Labute approximate surface area is 126 Å². The number of carboxylic acids is 1. The highest BCUT2D eigenvalue weighted by atomic mass is 16.5. The zero-order chi connectivity index (χ0) is 15.3. The van der Waals surface area contributed by atoms with Crippen molar-refractivity contribution >= 4 is 11.7 Å². The van der Waals surface area contributed by atoms with Crippen LogP contribution in [0.25, 0.3) is 0 Å². The first kappa shape index (κ1) is 15.8. The third-order valence-corrected chi connectivity index (χ3v) is 4.41. The molecule has 1 fully saturated rings. The van der Waals surface area contributed by atoms with E-state index in [9.17, 15) is 4.79 Å². The van der Waals surface area contributed by atoms with E-state index < -0.39 is 5.97 Å². The van der Waals surface area contributed by atoms with E-state index in [4.69, 9.17) is 9.84 Å². The van der Waals surface area contributed by atoms with Crippen LogP contribution in [0.2, 0.25) is 0 Å². The van der Waals surface area contributed by atoms with Crippen LogP contribution >= 0.6 is 0 Å². The first-order chi connectivity index (χ1) is 10.0. The molecule has 0 amide bonds. The Kier molecular flexibility index (Phi) is 5.23. The summed E-state index contributed by atoms with van der Waals surface area (Å²) in [5.74, 6) is -0.749. The maximum Gasteiger partial charge on any atom is 0.305 e. The lowest BCUT2D eigenvalue weighted by atomic mass is 9.88. The molecule has 2 rings (SSSR count). The van der Waals surface area contributed by atoms with Crippen molar-refractivity contribution in [1.29, 1.82) is 0 Å². The second-order valence-electron chi connectivity index (χ2n) is 5.97. The molecule has 116 valence electrons. The van der Waals surface area contributed by atoms with E-state index in [-0.39, 0.29) is 12.0 Å². The van der Waals surface area contributed by atoms with Crippen LogP contribution in [0.4, 0.5) is 5.69 Å². The zero-order valence-corrected chi connectivity index (χ0v) is 12.9. The largest absolute Gasteiger partial charge is 0.481 e. The third kappa shape index (κ3) is 4.21. The molecule has 1 N–H and O–H groups in total. The number of carboxylic acid groups (broad SMARTS) is 1. The van der Waals surface area contributed by atoms with Crippen LogP contribution in [0, 0.1) is 0 Å². The van der Waals surface area contributed by atoms with Crippen molar-refractivity contribution in [2.45, 2.75) is 51.2 Å². The summed E-state index contributed by atoms with van der Waals surface area (Å²) in [6.07, 6.45) is 3.03. The first-order valence-electron chi connectivity index (χ1n) is 7.71. The summed E-state index contributed by atoms with van der Waals surface area (Å²) in [4.78, 5) is 13.2. The summed E-state index contributed by atoms with van der Waals surface area (Å²) < 4.78 is 5.91. The summed E-state index contributed by atoms with van der Waals surface area (Å²) in [6.45, 7) is 5.58. The van der Waals surface area contributed by atoms with Gasteiger partial charge in [0, 0.05) is 24.9 Å². The number of nitrogens with zero attached hydrogens (tertiary/aromatic N) is 1. The van der Waals surface area contributed by atoms with Gasteiger partial charge in [-0.15, -0.1) is 0 Å². The summed E-state index contributed by atoms with van der Waals surface area (Å²) >= 11 is 0. The highest BCUT2D eigenvalue weighted by Crippen LogP contribution is 2.32. The van der Waals surface area contributed by atoms with E-state index in [0.29, 0.717) is 12.6 Å². The van der Waals surface area contributed by atoms with E-state index in [1.807, 2.05) is 18.2 Å². The number of rotatable bonds is 6. The Morgan fingerprint density at radius 2 is 2.14 bits per heavy atom. The molecule has 0 bridgehead atoms. The molecule has 0 aromatic heterocycles. The predicted octanol–water partition coefficient (Wildman–Crippen LogP) is 3.32. The average Bonchev–Trinajstić information content (AvgIpc) is 2.48. The SMILES string of the molecule is CCC1(C)CC(N(CCC(=O)O)c2ccccc2)CCO1. The molecule has 2 unspecified atom stereocenters. The highest BCUT2D eigenvalue weighted by Gasteiger charge is 2.34. The molecule has 0 spiro atoms. The minimum absolute atomic E-state index is 0.0980. The van der Waals surface area contributed by atoms with Crippen LogP contribution in [0.5, 0.6) is 0 Å². The number of aliphatic carboxylic acids is 1. The molecular weight excluding hydrogens is 266 g/mol. The van der Waals surface area contributed by atoms with Crippen LogP contribution in [-0.2, 0) is 9.53 Å². The van der Waals surface area contributed by atoms with Crippen LogP contribution in [0.15, 0.2) is 30.3 Å². The molecule has 0 radical (unpaired) electrons. The topological polar surface area (TPSA) is 49.8 Å². The van der Waals surface area contributed by atoms with Crippen LogP contribution < -0.4 is 4.90 Å². The van der Waals surface area contributed by atoms with Gasteiger partial charge in [0.15, 0.2) is 0 Å². The summed E-state index contributed by atoms with van der Waals surface area (Å²) in [7, 11) is 0. The fraction of sp³-hybridized carbons (Fsp3) is 0.588. The fourth-order valence-electron chi connectivity index (χ4n) is 2.97. The maximum absolute atomic E-state index is 11.0. The van der Waals surface area contributed by atoms with Gasteiger partial charge < -0.3 is 14.7 Å². The second kappa shape index (κ2) is 6.94. The first-order valence-corrected chi connectivity index (χ1v) is 7.71. The summed E-state index contributed by atoms with van der Waals surface area (Å²) in [5, 5.41) is 9.01. The van der Waals surface area contributed by atoms with Crippen molar-refractivity contribution in [2.24, 2.45) is 0 Å². The molecule has 1 saturated heterocycles. The predicted molar refractivity (Wildman–Crippen MR) is 83.7 cm³/mol. The molecule has 0 aliphatic carbocycles. The van der Waals surface area contributed by atoms with Gasteiger partial charge in [-0.2, -0.15) is 0 Å². The lowest BCUT2D eigenvalue weighted by molar-refractivity contribution is -0.136. The minimum Gasteiger partial charge on any atom is -0.481 e. The summed E-state index contributed by atoms with van der Waals surface area (Å²) in [5.41, 5.74) is 1.00. The molecule has 1 aromatic rings. The fourth-order valence-corrected chi connectivity index (χ4v) is 2.97. The van der Waals surface area contributed by atoms with Crippen LogP contribution in [-0.4, -0.2) is 35.9 Å². The van der Waals surface area contributed by atoms with Crippen LogP contribution in [0.3, 0.4) is 0 Å². The van der Waals surface area contributed by atoms with Crippen molar-refractivity contribution in [3.63, 3.8) is 0 Å². The zero-order valence-electron chi connectivity index (χ0n) is 12.9. The van der Waals surface area contributed by atoms with E-state index in [0.717, 1.165) is 31.6 Å². The molecule has 2 atom stereocenters. The Hall–Kier alpha value is -1.55. The molecule has 0 saturated carbocycles. The van der Waals surface area contributed by atoms with Gasteiger partial charge in [0.25, 0.3) is 0 Å². The van der Waals surface area contributed by atoms with Crippen molar-refractivity contribution in [1.82, 2.24) is 0 Å². The number of para-hydroxylation sites is 1. The van der Waals surface area contributed by atoms with E-state index in [1.165, 1.54) is 0 Å². The van der Waals surface area contributed by atoms with Gasteiger partial charge in [-0.25, -0.2) is 0 Å². The standard InChI is InChI=1S/C17H25NO3/c1-3-17(2)13-15(10-12-21-17)18(11-9-16(19)20)14-7-5-4-6-8-14/h4-8,15H,3,9-13H2,1-2H3,(H,19,20). The average molecular weight is 291 g/mol. The number of benzene rings is 1. The molecule has 4 heteroatoms. The van der Waals surface area contributed by atoms with Crippen molar-refractivity contribution in [3.05, 3.63) is 30.3 Å². The molecule has 1 heterocycles. The Bertz CT molecular complexity index is 462. The van der Waals surface area contributed by atoms with Gasteiger partial charge in [0.05, 0.1) is 12.0 Å². The third-order valence-electron chi connectivity index (χ3n) is 4.41. The highest BCUT2D eigenvalue weighted by molar-refractivity contribution is 5.67. The maximum atomic E-state index is 11.0. The minimum atomic E-state index is -0.749. The van der Waals surface area contributed by atoms with Crippen LogP contribution in [0.1, 0.15) is 39.5 Å². The number of hydrogen-bond acceptors (Lipinski definition) is 3. The number of anilines is 1. The number of carbonyl (C=O) groups is 1. The normalized spacial score (nSPS) is 25.5. The number of hydrogen-bond donors (Lipinski definition) is 1. The van der Waals surface area contributed by atoms with Crippen molar-refractivity contribution in [2.75, 3.05) is 18.1 Å². The molecule has 1 aliphatic heterocycles. The Balaban J connectivity index is 2.16. The van der Waals surface area contributed by atoms with Gasteiger partial charge in [-0.1, -0.05) is 25.1 Å². The quantitative estimate of drug-likeness (QED) is 0.873. The van der Waals surface area contributed by atoms with Gasteiger partial charge >= 0.3 is 5.97 Å². The van der Waals surface area contributed by atoms with Crippen molar-refractivity contribution in [3.8, 4) is 0 Å². The van der Waals surface area contributed by atoms with E-state index in [2.05, 4.69) is 30.9 Å². The monoisotopic (exact) mass is 291 g/mol. The second-order valence-corrected chi connectivity index (χ2v) is 5.97. The lowest BCUT2D eigenvalue weighted by Gasteiger charge is -2.43. The molecule has 1 aliphatic rings. The molecular formula is C17H25NO3.